The zero-order valence-electron chi connectivity index (χ0n) is 16.6. The van der Waals surface area contributed by atoms with E-state index in [0.717, 1.165) is 17.0 Å². The Morgan fingerprint density at radius 2 is 1.58 bits per heavy atom. The van der Waals surface area contributed by atoms with Crippen LogP contribution in [0.4, 0.5) is 8.78 Å². The minimum Gasteiger partial charge on any atom is -0.346 e. The Bertz CT molecular complexity index is 1170. The van der Waals surface area contributed by atoms with Gasteiger partial charge in [-0.3, -0.25) is 19.3 Å². The molecule has 1 heterocycles. The number of hydrogen-bond donors (Lipinski definition) is 1. The van der Waals surface area contributed by atoms with E-state index in [1.54, 1.807) is 55.5 Å². The lowest BCUT2D eigenvalue weighted by Gasteiger charge is -2.16. The summed E-state index contributed by atoms with van der Waals surface area (Å²) in [6.07, 6.45) is 0. The Labute approximate surface area is 177 Å². The summed E-state index contributed by atoms with van der Waals surface area (Å²) in [6.45, 7) is 1.69. The number of hydrogen-bond acceptors (Lipinski definition) is 3. The van der Waals surface area contributed by atoms with E-state index < -0.39 is 23.6 Å². The molecule has 31 heavy (non-hydrogen) atoms. The first kappa shape index (κ1) is 20.4. The summed E-state index contributed by atoms with van der Waals surface area (Å²) >= 11 is 0. The van der Waals surface area contributed by atoms with Crippen LogP contribution in [0.5, 0.6) is 0 Å². The second-order valence-corrected chi connectivity index (χ2v) is 7.31. The van der Waals surface area contributed by atoms with Crippen LogP contribution in [-0.2, 0) is 6.54 Å². The van der Waals surface area contributed by atoms with Crippen LogP contribution < -0.4 is 5.32 Å². The third-order valence-corrected chi connectivity index (χ3v) is 5.20. The van der Waals surface area contributed by atoms with Crippen molar-refractivity contribution in [2.24, 2.45) is 0 Å². The monoisotopic (exact) mass is 420 g/mol. The van der Waals surface area contributed by atoms with E-state index in [-0.39, 0.29) is 18.4 Å². The molecule has 1 aliphatic rings. The summed E-state index contributed by atoms with van der Waals surface area (Å²) in [4.78, 5) is 38.9. The van der Waals surface area contributed by atoms with Gasteiger partial charge < -0.3 is 5.32 Å². The van der Waals surface area contributed by atoms with Crippen LogP contribution in [0, 0.1) is 11.6 Å². The van der Waals surface area contributed by atoms with E-state index in [1.165, 1.54) is 6.07 Å². The quantitative estimate of drug-likeness (QED) is 0.628. The lowest BCUT2D eigenvalue weighted by atomic mass is 10.1. The van der Waals surface area contributed by atoms with E-state index in [1.807, 2.05) is 0 Å². The summed E-state index contributed by atoms with van der Waals surface area (Å²) in [7, 11) is 0. The molecule has 1 atom stereocenters. The highest BCUT2D eigenvalue weighted by molar-refractivity contribution is 6.21. The minimum atomic E-state index is -0.985. The molecule has 0 aliphatic carbocycles. The van der Waals surface area contributed by atoms with Gasteiger partial charge in [0, 0.05) is 5.56 Å². The van der Waals surface area contributed by atoms with E-state index in [2.05, 4.69) is 5.32 Å². The van der Waals surface area contributed by atoms with Crippen molar-refractivity contribution >= 4 is 17.7 Å². The Morgan fingerprint density at radius 1 is 0.903 bits per heavy atom. The molecule has 3 aromatic carbocycles. The second-order valence-electron chi connectivity index (χ2n) is 7.31. The normalized spacial score (nSPS) is 13.8. The van der Waals surface area contributed by atoms with Gasteiger partial charge >= 0.3 is 0 Å². The highest BCUT2D eigenvalue weighted by atomic mass is 19.2. The Kier molecular flexibility index (Phi) is 5.33. The average Bonchev–Trinajstić information content (AvgIpc) is 3.01. The SMILES string of the molecule is CC(NC(=O)c1cccc(CN2C(=O)c3ccccc3C2=O)c1)c1ccc(F)c(F)c1. The van der Waals surface area contributed by atoms with Gasteiger partial charge in [-0.25, -0.2) is 8.78 Å². The van der Waals surface area contributed by atoms with Gasteiger partial charge in [0.15, 0.2) is 11.6 Å². The highest BCUT2D eigenvalue weighted by Crippen LogP contribution is 2.24. The van der Waals surface area contributed by atoms with Gasteiger partial charge in [0.05, 0.1) is 23.7 Å². The number of fused-ring (bicyclic) bond motifs is 1. The fourth-order valence-electron chi connectivity index (χ4n) is 3.52. The average molecular weight is 420 g/mol. The van der Waals surface area contributed by atoms with Gasteiger partial charge in [-0.1, -0.05) is 30.3 Å². The molecular weight excluding hydrogens is 402 g/mol. The molecule has 0 saturated heterocycles. The van der Waals surface area contributed by atoms with Gasteiger partial charge in [-0.05, 0) is 54.4 Å². The maximum atomic E-state index is 13.5. The number of nitrogens with one attached hydrogen (secondary N) is 1. The van der Waals surface area contributed by atoms with Gasteiger partial charge in [0.1, 0.15) is 0 Å². The van der Waals surface area contributed by atoms with Gasteiger partial charge in [0.2, 0.25) is 0 Å². The molecule has 0 radical (unpaired) electrons. The molecule has 3 aromatic rings. The number of imide groups is 1. The third-order valence-electron chi connectivity index (χ3n) is 5.20. The molecule has 0 fully saturated rings. The van der Waals surface area contributed by atoms with Crippen LogP contribution in [0.15, 0.2) is 66.7 Å². The van der Waals surface area contributed by atoms with E-state index >= 15 is 0 Å². The summed E-state index contributed by atoms with van der Waals surface area (Å²) in [5, 5.41) is 2.74. The number of nitrogens with zero attached hydrogens (tertiary/aromatic N) is 1. The van der Waals surface area contributed by atoms with Crippen molar-refractivity contribution in [3.05, 3.63) is 106 Å². The largest absolute Gasteiger partial charge is 0.346 e. The first-order valence-electron chi connectivity index (χ1n) is 9.65. The zero-order valence-corrected chi connectivity index (χ0v) is 16.6. The number of rotatable bonds is 5. The number of carbonyl (C=O) groups excluding carboxylic acids is 3. The van der Waals surface area contributed by atoms with Crippen LogP contribution in [0.3, 0.4) is 0 Å². The van der Waals surface area contributed by atoms with Crippen molar-refractivity contribution < 1.29 is 23.2 Å². The first-order chi connectivity index (χ1) is 14.8. The maximum Gasteiger partial charge on any atom is 0.261 e. The predicted octanol–water partition coefficient (Wildman–Crippen LogP) is 4.25. The molecule has 3 amide bonds. The summed E-state index contributed by atoms with van der Waals surface area (Å²) in [5.74, 6) is -3.10. The van der Waals surface area contributed by atoms with Crippen molar-refractivity contribution in [3.63, 3.8) is 0 Å². The molecule has 0 aromatic heterocycles. The van der Waals surface area contributed by atoms with E-state index in [9.17, 15) is 23.2 Å². The molecule has 1 unspecified atom stereocenters. The molecule has 0 saturated carbocycles. The van der Waals surface area contributed by atoms with E-state index in [4.69, 9.17) is 0 Å². The Hall–Kier alpha value is -3.87. The molecule has 0 spiro atoms. The smallest absolute Gasteiger partial charge is 0.261 e. The highest BCUT2D eigenvalue weighted by Gasteiger charge is 2.35. The minimum absolute atomic E-state index is 0.0339. The molecule has 4 rings (SSSR count). The Balaban J connectivity index is 1.48. The van der Waals surface area contributed by atoms with Crippen molar-refractivity contribution in [2.45, 2.75) is 19.5 Å². The number of carbonyl (C=O) groups is 3. The molecule has 5 nitrogen and oxygen atoms in total. The predicted molar refractivity (Wildman–Crippen MR) is 109 cm³/mol. The first-order valence-corrected chi connectivity index (χ1v) is 9.65. The Morgan fingerprint density at radius 3 is 2.23 bits per heavy atom. The lowest BCUT2D eigenvalue weighted by molar-refractivity contribution is 0.0642. The molecule has 156 valence electrons. The van der Waals surface area contributed by atoms with Gasteiger partial charge in [0.25, 0.3) is 17.7 Å². The molecular formula is C24H18F2N2O3. The van der Waals surface area contributed by atoms with Crippen molar-refractivity contribution in [1.29, 1.82) is 0 Å². The van der Waals surface area contributed by atoms with Crippen molar-refractivity contribution in [2.75, 3.05) is 0 Å². The second kappa shape index (κ2) is 8.10. The van der Waals surface area contributed by atoms with Crippen LogP contribution in [0.25, 0.3) is 0 Å². The van der Waals surface area contributed by atoms with Crippen LogP contribution in [0.2, 0.25) is 0 Å². The molecule has 7 heteroatoms. The van der Waals surface area contributed by atoms with Gasteiger partial charge in [-0.15, -0.1) is 0 Å². The third kappa shape index (κ3) is 3.94. The topological polar surface area (TPSA) is 66.5 Å². The summed E-state index contributed by atoms with van der Waals surface area (Å²) in [5.41, 5.74) is 2.09. The van der Waals surface area contributed by atoms with Gasteiger partial charge in [-0.2, -0.15) is 0 Å². The van der Waals surface area contributed by atoms with Crippen molar-refractivity contribution in [1.82, 2.24) is 10.2 Å². The van der Waals surface area contributed by atoms with Crippen LogP contribution in [-0.4, -0.2) is 22.6 Å². The van der Waals surface area contributed by atoms with E-state index in [0.29, 0.717) is 27.8 Å². The number of benzene rings is 3. The molecule has 1 N–H and O–H groups in total. The molecule has 0 bridgehead atoms. The number of amides is 3. The van der Waals surface area contributed by atoms with Crippen LogP contribution >= 0.6 is 0 Å². The maximum absolute atomic E-state index is 13.5. The van der Waals surface area contributed by atoms with Crippen molar-refractivity contribution in [3.8, 4) is 0 Å². The fraction of sp³-hybridized carbons (Fsp3) is 0.125. The fourth-order valence-corrected chi connectivity index (χ4v) is 3.52. The number of halogens is 2. The lowest BCUT2D eigenvalue weighted by Crippen LogP contribution is -2.29. The molecule has 1 aliphatic heterocycles. The standard InChI is InChI=1S/C24H18F2N2O3/c1-14(16-9-10-20(25)21(26)12-16)27-22(29)17-6-4-5-15(11-17)13-28-23(30)18-7-2-3-8-19(18)24(28)31/h2-12,14H,13H2,1H3,(H,27,29). The summed E-state index contributed by atoms with van der Waals surface area (Å²) < 4.78 is 26.6. The summed E-state index contributed by atoms with van der Waals surface area (Å²) in [6, 6.07) is 16.1. The zero-order chi connectivity index (χ0) is 22.1. The van der Waals surface area contributed by atoms with Crippen LogP contribution in [0.1, 0.15) is 55.2 Å².